The molecule has 2 aromatic carbocycles. The Hall–Kier alpha value is -3.79. The number of nitrogens with zero attached hydrogens (tertiary/aromatic N) is 3. The number of ether oxygens (including phenoxy) is 2. The minimum Gasteiger partial charge on any atom is -0.489 e. The number of rotatable bonds is 8. The Kier molecular flexibility index (Phi) is 7.07. The van der Waals surface area contributed by atoms with Crippen molar-refractivity contribution in [2.24, 2.45) is 0 Å². The molecule has 0 spiro atoms. The van der Waals surface area contributed by atoms with Crippen molar-refractivity contribution in [3.63, 3.8) is 0 Å². The molecule has 36 heavy (non-hydrogen) atoms. The predicted molar refractivity (Wildman–Crippen MR) is 127 cm³/mol. The summed E-state index contributed by atoms with van der Waals surface area (Å²) in [6.07, 6.45) is -3.82. The monoisotopic (exact) mass is 519 g/mol. The number of hydrogen-bond acceptors (Lipinski definition) is 5. The van der Waals surface area contributed by atoms with Gasteiger partial charge in [-0.25, -0.2) is 4.79 Å². The third kappa shape index (κ3) is 5.23. The van der Waals surface area contributed by atoms with E-state index in [1.165, 1.54) is 6.07 Å². The van der Waals surface area contributed by atoms with Crippen LogP contribution in [0.4, 0.5) is 13.2 Å². The van der Waals surface area contributed by atoms with Gasteiger partial charge in [-0.3, -0.25) is 9.55 Å². The molecule has 2 heterocycles. The van der Waals surface area contributed by atoms with Crippen molar-refractivity contribution >= 4 is 28.6 Å². The predicted octanol–water partition coefficient (Wildman–Crippen LogP) is 6.14. The van der Waals surface area contributed by atoms with Crippen molar-refractivity contribution in [3.05, 3.63) is 81.6 Å². The van der Waals surface area contributed by atoms with E-state index in [1.807, 2.05) is 6.92 Å². The molecule has 0 atom stereocenters. The quantitative estimate of drug-likeness (QED) is 0.301. The fourth-order valence-electron chi connectivity index (χ4n) is 3.72. The van der Waals surface area contributed by atoms with E-state index < -0.39 is 17.7 Å². The summed E-state index contributed by atoms with van der Waals surface area (Å²) in [5.74, 6) is -0.600. The van der Waals surface area contributed by atoms with Crippen LogP contribution in [-0.2, 0) is 19.3 Å². The van der Waals surface area contributed by atoms with E-state index in [9.17, 15) is 23.1 Å². The van der Waals surface area contributed by atoms with Crippen LogP contribution in [0.25, 0.3) is 11.0 Å². The van der Waals surface area contributed by atoms with Gasteiger partial charge in [0.1, 0.15) is 12.4 Å². The van der Waals surface area contributed by atoms with Gasteiger partial charge in [-0.1, -0.05) is 29.8 Å². The lowest BCUT2D eigenvalue weighted by Crippen LogP contribution is -2.10. The van der Waals surface area contributed by atoms with Crippen LogP contribution in [0.1, 0.15) is 39.7 Å². The average molecular weight is 520 g/mol. The van der Waals surface area contributed by atoms with Crippen molar-refractivity contribution < 1.29 is 32.5 Å². The van der Waals surface area contributed by atoms with Crippen LogP contribution < -0.4 is 9.47 Å². The fraction of sp³-hybridized carbons (Fsp3) is 0.240. The highest BCUT2D eigenvalue weighted by molar-refractivity contribution is 6.31. The van der Waals surface area contributed by atoms with Gasteiger partial charge in [-0.2, -0.15) is 18.2 Å². The maximum absolute atomic E-state index is 13.0. The lowest BCUT2D eigenvalue weighted by molar-refractivity contribution is -0.137. The Balaban J connectivity index is 1.71. The molecule has 0 saturated heterocycles. The highest BCUT2D eigenvalue weighted by Gasteiger charge is 2.31. The number of carbonyl (C=O) groups is 1. The van der Waals surface area contributed by atoms with Crippen LogP contribution in [0.2, 0.25) is 5.02 Å². The number of halogens is 4. The van der Waals surface area contributed by atoms with E-state index in [2.05, 4.69) is 9.97 Å². The Morgan fingerprint density at radius 2 is 1.92 bits per heavy atom. The summed E-state index contributed by atoms with van der Waals surface area (Å²) in [6, 6.07) is 11.1. The molecule has 2 aromatic heterocycles. The summed E-state index contributed by atoms with van der Waals surface area (Å²) < 4.78 is 52.3. The van der Waals surface area contributed by atoms with E-state index in [-0.39, 0.29) is 35.4 Å². The molecule has 0 unspecified atom stereocenters. The van der Waals surface area contributed by atoms with E-state index in [1.54, 1.807) is 41.8 Å². The molecule has 11 heteroatoms. The molecule has 0 bridgehead atoms. The van der Waals surface area contributed by atoms with Gasteiger partial charge in [-0.15, -0.1) is 0 Å². The molecule has 0 radical (unpaired) electrons. The fourth-order valence-corrected chi connectivity index (χ4v) is 3.94. The summed E-state index contributed by atoms with van der Waals surface area (Å²) >= 11 is 6.14. The molecule has 0 amide bonds. The molecule has 4 aromatic rings. The largest absolute Gasteiger partial charge is 0.489 e. The number of aryl methyl sites for hydroxylation is 1. The molecular formula is C25H21ClF3N3O4. The van der Waals surface area contributed by atoms with Crippen LogP contribution in [0, 0.1) is 6.92 Å². The van der Waals surface area contributed by atoms with Crippen LogP contribution in [0.15, 0.2) is 48.7 Å². The molecule has 0 aliphatic rings. The Labute approximate surface area is 209 Å². The highest BCUT2D eigenvalue weighted by atomic mass is 35.5. The number of aromatic carboxylic acids is 1. The minimum absolute atomic E-state index is 0.00748. The Morgan fingerprint density at radius 1 is 1.17 bits per heavy atom. The molecule has 0 aliphatic heterocycles. The maximum Gasteiger partial charge on any atom is 0.417 e. The zero-order valence-electron chi connectivity index (χ0n) is 19.3. The first-order valence-corrected chi connectivity index (χ1v) is 11.3. The molecule has 7 nitrogen and oxygen atoms in total. The standard InChI is InChI=1S/C25H21ClF3N3O4/c1-3-35-24-31-22-14(2)8-17(36-13-15-6-4-5-7-18(15)23(33)34)10-21(22)32(24)12-20-19(26)9-16(11-30-20)25(27,28)29/h4-11H,3,12-13H2,1-2H3,(H,33,34). The molecule has 4 rings (SSSR count). The maximum atomic E-state index is 13.0. The lowest BCUT2D eigenvalue weighted by Gasteiger charge is -2.13. The first-order valence-electron chi connectivity index (χ1n) is 10.9. The number of hydrogen-bond donors (Lipinski definition) is 1. The molecule has 0 saturated carbocycles. The van der Waals surface area contributed by atoms with Gasteiger partial charge < -0.3 is 14.6 Å². The zero-order valence-corrected chi connectivity index (χ0v) is 20.0. The topological polar surface area (TPSA) is 86.5 Å². The average Bonchev–Trinajstić information content (AvgIpc) is 3.16. The van der Waals surface area contributed by atoms with Gasteiger partial charge in [0, 0.05) is 17.8 Å². The third-order valence-electron chi connectivity index (χ3n) is 5.45. The van der Waals surface area contributed by atoms with Gasteiger partial charge >= 0.3 is 12.1 Å². The van der Waals surface area contributed by atoms with Crippen molar-refractivity contribution in [1.82, 2.24) is 14.5 Å². The number of imidazole rings is 1. The first-order chi connectivity index (χ1) is 17.1. The SMILES string of the molecule is CCOc1nc2c(C)cc(OCc3ccccc3C(=O)O)cc2n1Cc1ncc(C(F)(F)F)cc1Cl. The summed E-state index contributed by atoms with van der Waals surface area (Å²) in [5, 5.41) is 9.27. The zero-order chi connectivity index (χ0) is 26.0. The Bertz CT molecular complexity index is 1440. The normalized spacial score (nSPS) is 11.6. The van der Waals surface area contributed by atoms with Gasteiger partial charge in [0.15, 0.2) is 0 Å². The first kappa shape index (κ1) is 25.3. The minimum atomic E-state index is -4.56. The number of pyridine rings is 1. The molecule has 0 fully saturated rings. The summed E-state index contributed by atoms with van der Waals surface area (Å²) in [5.41, 5.74) is 1.89. The van der Waals surface area contributed by atoms with Crippen molar-refractivity contribution in [3.8, 4) is 11.8 Å². The van der Waals surface area contributed by atoms with Crippen LogP contribution >= 0.6 is 11.6 Å². The second-order valence-corrected chi connectivity index (χ2v) is 8.33. The van der Waals surface area contributed by atoms with Crippen LogP contribution in [0.3, 0.4) is 0 Å². The van der Waals surface area contributed by atoms with Crippen molar-refractivity contribution in [1.29, 1.82) is 0 Å². The van der Waals surface area contributed by atoms with Gasteiger partial charge in [0.2, 0.25) is 0 Å². The number of alkyl halides is 3. The molecule has 188 valence electrons. The van der Waals surface area contributed by atoms with Gasteiger partial charge in [0.05, 0.1) is 46.0 Å². The van der Waals surface area contributed by atoms with E-state index in [0.29, 0.717) is 29.0 Å². The lowest BCUT2D eigenvalue weighted by atomic mass is 10.1. The second kappa shape index (κ2) is 10.1. The van der Waals surface area contributed by atoms with Gasteiger partial charge in [0.25, 0.3) is 6.01 Å². The van der Waals surface area contributed by atoms with Gasteiger partial charge in [-0.05, 0) is 37.6 Å². The van der Waals surface area contributed by atoms with Crippen molar-refractivity contribution in [2.75, 3.05) is 6.61 Å². The van der Waals surface area contributed by atoms with Crippen molar-refractivity contribution in [2.45, 2.75) is 33.2 Å². The smallest absolute Gasteiger partial charge is 0.417 e. The number of fused-ring (bicyclic) bond motifs is 1. The summed E-state index contributed by atoms with van der Waals surface area (Å²) in [7, 11) is 0. The number of carboxylic acid groups (broad SMARTS) is 1. The summed E-state index contributed by atoms with van der Waals surface area (Å²) in [4.78, 5) is 20.0. The van der Waals surface area contributed by atoms with Crippen LogP contribution in [-0.4, -0.2) is 32.2 Å². The molecular weight excluding hydrogens is 499 g/mol. The molecule has 1 N–H and O–H groups in total. The second-order valence-electron chi connectivity index (χ2n) is 7.92. The van der Waals surface area contributed by atoms with Crippen LogP contribution in [0.5, 0.6) is 11.8 Å². The molecule has 0 aliphatic carbocycles. The number of benzene rings is 2. The summed E-state index contributed by atoms with van der Waals surface area (Å²) in [6.45, 7) is 3.96. The number of aromatic nitrogens is 3. The number of carboxylic acids is 1. The van der Waals surface area contributed by atoms with E-state index in [4.69, 9.17) is 21.1 Å². The van der Waals surface area contributed by atoms with E-state index in [0.717, 1.165) is 17.8 Å². The van der Waals surface area contributed by atoms with E-state index >= 15 is 0 Å². The third-order valence-corrected chi connectivity index (χ3v) is 5.78. The Morgan fingerprint density at radius 3 is 2.58 bits per heavy atom. The highest BCUT2D eigenvalue weighted by Crippen LogP contribution is 2.33.